The number of carbonyl (C=O) groups excluding carboxylic acids is 1. The lowest BCUT2D eigenvalue weighted by molar-refractivity contribution is 0.112. The van der Waals surface area contributed by atoms with Crippen molar-refractivity contribution in [1.82, 2.24) is 0 Å². The summed E-state index contributed by atoms with van der Waals surface area (Å²) in [6, 6.07) is 5.53. The maximum Gasteiger partial charge on any atom is 0.150 e. The quantitative estimate of drug-likeness (QED) is 0.636. The molecule has 1 rings (SSSR count). The van der Waals surface area contributed by atoms with E-state index in [1.54, 1.807) is 0 Å². The molecule has 0 saturated heterocycles. The molecule has 0 aliphatic heterocycles. The van der Waals surface area contributed by atoms with E-state index in [2.05, 4.69) is 0 Å². The lowest BCUT2D eigenvalue weighted by Gasteiger charge is -2.05. The number of hydrogen-bond acceptors (Lipinski definition) is 3. The highest BCUT2D eigenvalue weighted by atomic mass is 16.1. The van der Waals surface area contributed by atoms with Gasteiger partial charge in [0.2, 0.25) is 0 Å². The summed E-state index contributed by atoms with van der Waals surface area (Å²) in [6.07, 6.45) is 0.810. The van der Waals surface area contributed by atoms with Crippen molar-refractivity contribution in [1.29, 1.82) is 0 Å². The van der Waals surface area contributed by atoms with E-state index < -0.39 is 0 Å². The second-order valence-corrected chi connectivity index (χ2v) is 2.52. The average Bonchev–Trinajstić information content (AvgIpc) is 2.16. The van der Waals surface area contributed by atoms with Crippen LogP contribution in [0.15, 0.2) is 18.2 Å². The minimum atomic E-state index is 0.377. The van der Waals surface area contributed by atoms with Crippen molar-refractivity contribution in [2.24, 2.45) is 11.5 Å². The zero-order valence-corrected chi connectivity index (χ0v) is 6.79. The number of benzene rings is 1. The van der Waals surface area contributed by atoms with Gasteiger partial charge in [-0.1, -0.05) is 18.2 Å². The second-order valence-electron chi connectivity index (χ2n) is 2.52. The standard InChI is InChI=1S/C9H12N2O/c10-4-7-2-1-3-8(5-11)9(7)6-12/h1-3,6H,4-5,10-11H2. The molecule has 1 aromatic rings. The molecule has 0 saturated carbocycles. The Bertz CT molecular complexity index is 262. The van der Waals surface area contributed by atoms with Crippen LogP contribution in [0.1, 0.15) is 21.5 Å². The molecule has 0 bridgehead atoms. The number of carbonyl (C=O) groups is 1. The molecule has 0 aliphatic rings. The fourth-order valence-corrected chi connectivity index (χ4v) is 1.17. The summed E-state index contributed by atoms with van der Waals surface area (Å²) in [5.41, 5.74) is 13.3. The zero-order chi connectivity index (χ0) is 8.97. The highest BCUT2D eigenvalue weighted by Crippen LogP contribution is 2.11. The summed E-state index contributed by atoms with van der Waals surface area (Å²) in [5, 5.41) is 0. The third-order valence-electron chi connectivity index (χ3n) is 1.84. The van der Waals surface area contributed by atoms with Crippen LogP contribution in [0, 0.1) is 0 Å². The predicted molar refractivity (Wildman–Crippen MR) is 47.6 cm³/mol. The van der Waals surface area contributed by atoms with Crippen molar-refractivity contribution < 1.29 is 4.79 Å². The number of nitrogens with two attached hydrogens (primary N) is 2. The molecule has 12 heavy (non-hydrogen) atoms. The van der Waals surface area contributed by atoms with Gasteiger partial charge in [-0.3, -0.25) is 4.79 Å². The van der Waals surface area contributed by atoms with Gasteiger partial charge < -0.3 is 11.5 Å². The minimum absolute atomic E-state index is 0.377. The summed E-state index contributed by atoms with van der Waals surface area (Å²) < 4.78 is 0. The van der Waals surface area contributed by atoms with E-state index in [0.717, 1.165) is 17.4 Å². The normalized spacial score (nSPS) is 9.83. The minimum Gasteiger partial charge on any atom is -0.326 e. The van der Waals surface area contributed by atoms with Gasteiger partial charge in [0.05, 0.1) is 0 Å². The zero-order valence-electron chi connectivity index (χ0n) is 6.79. The molecular weight excluding hydrogens is 152 g/mol. The maximum atomic E-state index is 10.7. The van der Waals surface area contributed by atoms with Gasteiger partial charge in [-0.05, 0) is 11.1 Å². The smallest absolute Gasteiger partial charge is 0.150 e. The first-order valence-corrected chi connectivity index (χ1v) is 3.79. The molecule has 1 aromatic carbocycles. The van der Waals surface area contributed by atoms with E-state index in [1.165, 1.54) is 0 Å². The van der Waals surface area contributed by atoms with Crippen LogP contribution in [0.5, 0.6) is 0 Å². The lowest BCUT2D eigenvalue weighted by Crippen LogP contribution is -2.07. The van der Waals surface area contributed by atoms with Crippen LogP contribution in [-0.2, 0) is 13.1 Å². The van der Waals surface area contributed by atoms with Crippen LogP contribution in [0.3, 0.4) is 0 Å². The van der Waals surface area contributed by atoms with Crippen molar-refractivity contribution in [3.8, 4) is 0 Å². The molecule has 0 spiro atoms. The Hall–Kier alpha value is -1.19. The number of rotatable bonds is 3. The lowest BCUT2D eigenvalue weighted by atomic mass is 10.0. The van der Waals surface area contributed by atoms with Crippen LogP contribution in [-0.4, -0.2) is 6.29 Å². The molecule has 3 nitrogen and oxygen atoms in total. The molecule has 0 aliphatic carbocycles. The Balaban J connectivity index is 3.21. The van der Waals surface area contributed by atoms with Gasteiger partial charge in [0.15, 0.2) is 6.29 Å². The molecule has 3 heteroatoms. The van der Waals surface area contributed by atoms with Crippen LogP contribution in [0.4, 0.5) is 0 Å². The fraction of sp³-hybridized carbons (Fsp3) is 0.222. The Kier molecular flexibility index (Phi) is 2.96. The molecule has 0 heterocycles. The van der Waals surface area contributed by atoms with Gasteiger partial charge >= 0.3 is 0 Å². The first-order valence-electron chi connectivity index (χ1n) is 3.79. The largest absolute Gasteiger partial charge is 0.326 e. The van der Waals surface area contributed by atoms with Gasteiger partial charge in [-0.25, -0.2) is 0 Å². The highest BCUT2D eigenvalue weighted by Gasteiger charge is 2.03. The molecule has 0 atom stereocenters. The van der Waals surface area contributed by atoms with Gasteiger partial charge in [-0.2, -0.15) is 0 Å². The Morgan fingerprint density at radius 3 is 2.00 bits per heavy atom. The highest BCUT2D eigenvalue weighted by molar-refractivity contribution is 5.79. The summed E-state index contributed by atoms with van der Waals surface area (Å²) in [4.78, 5) is 10.7. The summed E-state index contributed by atoms with van der Waals surface area (Å²) >= 11 is 0. The van der Waals surface area contributed by atoms with Gasteiger partial charge in [0.1, 0.15) is 0 Å². The summed E-state index contributed by atoms with van der Waals surface area (Å²) in [7, 11) is 0. The molecule has 4 N–H and O–H groups in total. The fourth-order valence-electron chi connectivity index (χ4n) is 1.17. The monoisotopic (exact) mass is 164 g/mol. The SMILES string of the molecule is NCc1cccc(CN)c1C=O. The van der Waals surface area contributed by atoms with Crippen LogP contribution < -0.4 is 11.5 Å². The van der Waals surface area contributed by atoms with Crippen molar-refractivity contribution in [3.63, 3.8) is 0 Å². The first kappa shape index (κ1) is 8.90. The van der Waals surface area contributed by atoms with Crippen molar-refractivity contribution in [2.75, 3.05) is 0 Å². The van der Waals surface area contributed by atoms with E-state index in [4.69, 9.17) is 11.5 Å². The van der Waals surface area contributed by atoms with Gasteiger partial charge in [-0.15, -0.1) is 0 Å². The van der Waals surface area contributed by atoms with E-state index >= 15 is 0 Å². The summed E-state index contributed by atoms with van der Waals surface area (Å²) in [5.74, 6) is 0. The second kappa shape index (κ2) is 3.99. The molecule has 0 radical (unpaired) electrons. The molecule has 64 valence electrons. The van der Waals surface area contributed by atoms with Crippen molar-refractivity contribution in [3.05, 3.63) is 34.9 Å². The molecule has 0 aromatic heterocycles. The first-order chi connectivity index (χ1) is 5.83. The van der Waals surface area contributed by atoms with Gasteiger partial charge in [0, 0.05) is 18.7 Å². The van der Waals surface area contributed by atoms with Crippen molar-refractivity contribution in [2.45, 2.75) is 13.1 Å². The Morgan fingerprint density at radius 1 is 1.17 bits per heavy atom. The maximum absolute atomic E-state index is 10.7. The van der Waals surface area contributed by atoms with E-state index in [-0.39, 0.29) is 0 Å². The Labute approximate surface area is 71.4 Å². The van der Waals surface area contributed by atoms with Crippen LogP contribution in [0.25, 0.3) is 0 Å². The van der Waals surface area contributed by atoms with E-state index in [0.29, 0.717) is 18.7 Å². The van der Waals surface area contributed by atoms with Crippen LogP contribution in [0.2, 0.25) is 0 Å². The Morgan fingerprint density at radius 2 is 1.67 bits per heavy atom. The third-order valence-corrected chi connectivity index (χ3v) is 1.84. The number of hydrogen-bond donors (Lipinski definition) is 2. The molecule has 0 amide bonds. The summed E-state index contributed by atoms with van der Waals surface area (Å²) in [6.45, 7) is 0.754. The predicted octanol–water partition coefficient (Wildman–Crippen LogP) is 0.417. The number of aldehydes is 1. The molecule has 0 fully saturated rings. The van der Waals surface area contributed by atoms with E-state index in [9.17, 15) is 4.79 Å². The van der Waals surface area contributed by atoms with Crippen LogP contribution >= 0.6 is 0 Å². The third kappa shape index (κ3) is 1.52. The van der Waals surface area contributed by atoms with Crippen molar-refractivity contribution >= 4 is 6.29 Å². The van der Waals surface area contributed by atoms with E-state index in [1.807, 2.05) is 18.2 Å². The topological polar surface area (TPSA) is 69.1 Å². The average molecular weight is 164 g/mol. The van der Waals surface area contributed by atoms with Gasteiger partial charge in [0.25, 0.3) is 0 Å². The molecular formula is C9H12N2O. The molecule has 0 unspecified atom stereocenters.